The number of carbonyl (C=O) groups excluding carboxylic acids is 1. The second-order valence-electron chi connectivity index (χ2n) is 3.42. The second kappa shape index (κ2) is 7.07. The molecule has 0 saturated carbocycles. The van der Waals surface area contributed by atoms with Gasteiger partial charge in [0.2, 0.25) is 0 Å². The van der Waals surface area contributed by atoms with Crippen molar-refractivity contribution in [3.63, 3.8) is 0 Å². The summed E-state index contributed by atoms with van der Waals surface area (Å²) in [5.74, 6) is -0.348. The Balaban J connectivity index is 2.60. The van der Waals surface area contributed by atoms with E-state index in [0.29, 0.717) is 23.2 Å². The first-order chi connectivity index (χ1) is 8.56. The number of hydrogen-bond acceptors (Lipinski definition) is 5. The highest BCUT2D eigenvalue weighted by Gasteiger charge is 2.14. The van der Waals surface area contributed by atoms with Gasteiger partial charge in [-0.2, -0.15) is 0 Å². The molecule has 0 bridgehead atoms. The van der Waals surface area contributed by atoms with Crippen LogP contribution in [0.15, 0.2) is 22.7 Å². The normalized spacial score (nSPS) is 10.1. The van der Waals surface area contributed by atoms with E-state index in [4.69, 9.17) is 4.74 Å². The first-order valence-corrected chi connectivity index (χ1v) is 6.13. The Morgan fingerprint density at radius 1 is 1.56 bits per heavy atom. The summed E-state index contributed by atoms with van der Waals surface area (Å²) in [6.07, 6.45) is 0. The van der Waals surface area contributed by atoms with Crippen molar-refractivity contribution in [1.29, 1.82) is 0 Å². The molecular formula is C11H13BrN2O4. The molecule has 0 aliphatic rings. The molecule has 0 spiro atoms. The summed E-state index contributed by atoms with van der Waals surface area (Å²) in [5.41, 5.74) is 0.721. The molecule has 0 aromatic heterocycles. The first-order valence-electron chi connectivity index (χ1n) is 5.34. The average molecular weight is 317 g/mol. The van der Waals surface area contributed by atoms with Crippen LogP contribution in [0.2, 0.25) is 0 Å². The zero-order valence-electron chi connectivity index (χ0n) is 9.81. The van der Waals surface area contributed by atoms with Crippen molar-refractivity contribution < 1.29 is 14.5 Å². The number of nitro benzene ring substituents is 1. The van der Waals surface area contributed by atoms with Crippen LogP contribution < -0.4 is 5.32 Å². The van der Waals surface area contributed by atoms with Crippen LogP contribution in [0.5, 0.6) is 0 Å². The van der Waals surface area contributed by atoms with Gasteiger partial charge in [-0.3, -0.25) is 14.9 Å². The molecule has 0 radical (unpaired) electrons. The largest absolute Gasteiger partial charge is 0.465 e. The van der Waals surface area contributed by atoms with E-state index in [1.807, 2.05) is 0 Å². The molecule has 0 unspecified atom stereocenters. The molecule has 6 nitrogen and oxygen atoms in total. The molecule has 1 aromatic rings. The standard InChI is InChI=1S/C11H13BrN2O4/c1-2-18-10(15)7-13-6-8-4-3-5-9(11(8)12)14(16)17/h3-5,13H,2,6-7H2,1H3. The number of nitro groups is 1. The second-order valence-corrected chi connectivity index (χ2v) is 4.21. The van der Waals surface area contributed by atoms with E-state index in [1.54, 1.807) is 19.1 Å². The summed E-state index contributed by atoms with van der Waals surface area (Å²) < 4.78 is 5.17. The molecule has 1 N–H and O–H groups in total. The predicted molar refractivity (Wildman–Crippen MR) is 69.1 cm³/mol. The summed E-state index contributed by atoms with van der Waals surface area (Å²) in [5, 5.41) is 13.6. The summed E-state index contributed by atoms with van der Waals surface area (Å²) >= 11 is 3.18. The van der Waals surface area contributed by atoms with Gasteiger partial charge in [0.15, 0.2) is 0 Å². The Morgan fingerprint density at radius 2 is 2.28 bits per heavy atom. The lowest BCUT2D eigenvalue weighted by atomic mass is 10.2. The van der Waals surface area contributed by atoms with Crippen LogP contribution in [0.3, 0.4) is 0 Å². The van der Waals surface area contributed by atoms with Crippen LogP contribution in [0, 0.1) is 10.1 Å². The summed E-state index contributed by atoms with van der Waals surface area (Å²) in [7, 11) is 0. The Labute approximate surface area is 113 Å². The number of halogens is 1. The maximum absolute atomic E-state index is 11.1. The van der Waals surface area contributed by atoms with E-state index in [9.17, 15) is 14.9 Å². The number of esters is 1. The maximum atomic E-state index is 11.1. The monoisotopic (exact) mass is 316 g/mol. The minimum atomic E-state index is -0.459. The van der Waals surface area contributed by atoms with Crippen LogP contribution in [0.4, 0.5) is 5.69 Å². The van der Waals surface area contributed by atoms with Crippen molar-refractivity contribution in [1.82, 2.24) is 5.32 Å². The van der Waals surface area contributed by atoms with E-state index in [-0.39, 0.29) is 18.2 Å². The quantitative estimate of drug-likeness (QED) is 0.493. The van der Waals surface area contributed by atoms with Crippen LogP contribution in [-0.2, 0) is 16.1 Å². The fourth-order valence-corrected chi connectivity index (χ4v) is 1.90. The fraction of sp³-hybridized carbons (Fsp3) is 0.364. The predicted octanol–water partition coefficient (Wildman–Crippen LogP) is 2.01. The number of benzene rings is 1. The Bertz CT molecular complexity index is 451. The van der Waals surface area contributed by atoms with Gasteiger partial charge < -0.3 is 10.1 Å². The molecule has 0 aliphatic heterocycles. The van der Waals surface area contributed by atoms with E-state index >= 15 is 0 Å². The van der Waals surface area contributed by atoms with Gasteiger partial charge in [0, 0.05) is 12.6 Å². The summed E-state index contributed by atoms with van der Waals surface area (Å²) in [6, 6.07) is 4.76. The Kier molecular flexibility index (Phi) is 5.73. The third kappa shape index (κ3) is 4.08. The van der Waals surface area contributed by atoms with Gasteiger partial charge in [0.1, 0.15) is 0 Å². The lowest BCUT2D eigenvalue weighted by Gasteiger charge is -2.06. The minimum Gasteiger partial charge on any atom is -0.465 e. The lowest BCUT2D eigenvalue weighted by Crippen LogP contribution is -2.24. The third-order valence-electron chi connectivity index (χ3n) is 2.15. The van der Waals surface area contributed by atoms with Gasteiger partial charge >= 0.3 is 5.97 Å². The molecule has 98 valence electrons. The van der Waals surface area contributed by atoms with Gasteiger partial charge in [-0.1, -0.05) is 12.1 Å². The van der Waals surface area contributed by atoms with Gasteiger partial charge in [-0.15, -0.1) is 0 Å². The number of ether oxygens (including phenoxy) is 1. The summed E-state index contributed by atoms with van der Waals surface area (Å²) in [4.78, 5) is 21.4. The highest BCUT2D eigenvalue weighted by molar-refractivity contribution is 9.10. The molecular weight excluding hydrogens is 304 g/mol. The van der Waals surface area contributed by atoms with E-state index in [2.05, 4.69) is 21.2 Å². The highest BCUT2D eigenvalue weighted by Crippen LogP contribution is 2.27. The zero-order chi connectivity index (χ0) is 13.5. The van der Waals surface area contributed by atoms with E-state index in [1.165, 1.54) is 6.07 Å². The van der Waals surface area contributed by atoms with Crippen molar-refractivity contribution in [2.24, 2.45) is 0 Å². The molecule has 0 fully saturated rings. The number of carbonyl (C=O) groups is 1. The molecule has 0 saturated heterocycles. The van der Waals surface area contributed by atoms with Crippen LogP contribution >= 0.6 is 15.9 Å². The smallest absolute Gasteiger partial charge is 0.319 e. The molecule has 0 amide bonds. The van der Waals surface area contributed by atoms with Crippen molar-refractivity contribution >= 4 is 27.6 Å². The summed E-state index contributed by atoms with van der Waals surface area (Å²) in [6.45, 7) is 2.49. The lowest BCUT2D eigenvalue weighted by molar-refractivity contribution is -0.385. The van der Waals surface area contributed by atoms with Gasteiger partial charge in [-0.05, 0) is 28.4 Å². The van der Waals surface area contributed by atoms with Crippen LogP contribution in [0.25, 0.3) is 0 Å². The van der Waals surface area contributed by atoms with E-state index < -0.39 is 4.92 Å². The first kappa shape index (κ1) is 14.6. The van der Waals surface area contributed by atoms with Crippen LogP contribution in [0.1, 0.15) is 12.5 Å². The van der Waals surface area contributed by atoms with Crippen LogP contribution in [-0.4, -0.2) is 24.0 Å². The molecule has 18 heavy (non-hydrogen) atoms. The number of nitrogens with zero attached hydrogens (tertiary/aromatic N) is 1. The number of nitrogens with one attached hydrogen (secondary N) is 1. The van der Waals surface area contributed by atoms with Crippen molar-refractivity contribution in [3.05, 3.63) is 38.3 Å². The Hall–Kier alpha value is -1.47. The number of hydrogen-bond donors (Lipinski definition) is 1. The third-order valence-corrected chi connectivity index (χ3v) is 3.06. The average Bonchev–Trinajstić information content (AvgIpc) is 2.31. The number of rotatable bonds is 6. The zero-order valence-corrected chi connectivity index (χ0v) is 11.4. The molecule has 1 aromatic carbocycles. The molecule has 7 heteroatoms. The minimum absolute atomic E-state index is 0.00503. The Morgan fingerprint density at radius 3 is 2.89 bits per heavy atom. The molecule has 0 atom stereocenters. The molecule has 0 aliphatic carbocycles. The molecule has 1 rings (SSSR count). The van der Waals surface area contributed by atoms with Gasteiger partial charge in [-0.25, -0.2) is 0 Å². The SMILES string of the molecule is CCOC(=O)CNCc1cccc([N+](=O)[O-])c1Br. The fourth-order valence-electron chi connectivity index (χ4n) is 1.36. The van der Waals surface area contributed by atoms with E-state index in [0.717, 1.165) is 0 Å². The van der Waals surface area contributed by atoms with Crippen molar-refractivity contribution in [2.45, 2.75) is 13.5 Å². The highest BCUT2D eigenvalue weighted by atomic mass is 79.9. The molecule has 0 heterocycles. The van der Waals surface area contributed by atoms with Crippen molar-refractivity contribution in [2.75, 3.05) is 13.2 Å². The van der Waals surface area contributed by atoms with Gasteiger partial charge in [0.25, 0.3) is 5.69 Å². The topological polar surface area (TPSA) is 81.5 Å². The van der Waals surface area contributed by atoms with Gasteiger partial charge in [0.05, 0.1) is 22.5 Å². The maximum Gasteiger partial charge on any atom is 0.319 e. The van der Waals surface area contributed by atoms with Crippen molar-refractivity contribution in [3.8, 4) is 0 Å².